The molecule has 0 saturated carbocycles. The first-order valence-corrected chi connectivity index (χ1v) is 11.8. The maximum Gasteiger partial charge on any atom is 0.278 e. The number of hydrogen-bond acceptors (Lipinski definition) is 6. The predicted octanol–water partition coefficient (Wildman–Crippen LogP) is 3.81. The van der Waals surface area contributed by atoms with Crippen LogP contribution in [0.4, 0.5) is 5.13 Å². The first-order valence-electron chi connectivity index (χ1n) is 11.0. The third kappa shape index (κ3) is 4.81. The first-order chi connectivity index (χ1) is 15.0. The first kappa shape index (κ1) is 21.9. The van der Waals surface area contributed by atoms with Crippen LogP contribution in [0.3, 0.4) is 0 Å². The second-order valence-electron chi connectivity index (χ2n) is 8.15. The van der Waals surface area contributed by atoms with Crippen molar-refractivity contribution in [3.8, 4) is 0 Å². The van der Waals surface area contributed by atoms with E-state index in [1.165, 1.54) is 11.1 Å². The number of nitrogens with zero attached hydrogens (tertiary/aromatic N) is 5. The van der Waals surface area contributed by atoms with Gasteiger partial charge in [0.1, 0.15) is 5.69 Å². The van der Waals surface area contributed by atoms with Crippen molar-refractivity contribution in [2.45, 2.75) is 40.7 Å². The summed E-state index contributed by atoms with van der Waals surface area (Å²) in [6.07, 6.45) is 0.888. The standard InChI is InChI=1S/C23H31N5O2S/c1-5-28-20(15-18(4)25-28)22(29)27(8-6-7-26-9-11-30-12-10-26)23-24-19-13-16(2)17(3)14-21(19)31-23/h13-15H,5-12H2,1-4H3. The van der Waals surface area contributed by atoms with Crippen molar-refractivity contribution >= 4 is 32.6 Å². The number of anilines is 1. The number of morpholine rings is 1. The number of carbonyl (C=O) groups is 1. The van der Waals surface area contributed by atoms with Crippen molar-refractivity contribution in [2.75, 3.05) is 44.3 Å². The highest BCUT2D eigenvalue weighted by atomic mass is 32.1. The number of carbonyl (C=O) groups excluding carboxylic acids is 1. The molecule has 166 valence electrons. The molecule has 1 aromatic carbocycles. The third-order valence-electron chi connectivity index (χ3n) is 5.85. The van der Waals surface area contributed by atoms with Crippen LogP contribution < -0.4 is 4.90 Å². The number of hydrogen-bond donors (Lipinski definition) is 0. The molecule has 0 atom stereocenters. The van der Waals surface area contributed by atoms with E-state index >= 15 is 0 Å². The molecule has 0 radical (unpaired) electrons. The van der Waals surface area contributed by atoms with Crippen LogP contribution in [0, 0.1) is 20.8 Å². The van der Waals surface area contributed by atoms with Crippen molar-refractivity contribution < 1.29 is 9.53 Å². The predicted molar refractivity (Wildman–Crippen MR) is 125 cm³/mol. The Morgan fingerprint density at radius 1 is 1.16 bits per heavy atom. The summed E-state index contributed by atoms with van der Waals surface area (Å²) in [6, 6.07) is 6.16. The molecular formula is C23H31N5O2S. The van der Waals surface area contributed by atoms with Crippen LogP contribution >= 0.6 is 11.3 Å². The lowest BCUT2D eigenvalue weighted by atomic mass is 10.1. The highest BCUT2D eigenvalue weighted by Gasteiger charge is 2.25. The van der Waals surface area contributed by atoms with Crippen molar-refractivity contribution in [3.63, 3.8) is 0 Å². The lowest BCUT2D eigenvalue weighted by molar-refractivity contribution is 0.0376. The van der Waals surface area contributed by atoms with E-state index in [0.29, 0.717) is 18.8 Å². The van der Waals surface area contributed by atoms with Gasteiger partial charge in [-0.15, -0.1) is 0 Å². The van der Waals surface area contributed by atoms with Crippen LogP contribution in [0.2, 0.25) is 0 Å². The van der Waals surface area contributed by atoms with E-state index in [-0.39, 0.29) is 5.91 Å². The van der Waals surface area contributed by atoms with Gasteiger partial charge < -0.3 is 4.74 Å². The molecule has 0 N–H and O–H groups in total. The Bertz CT molecular complexity index is 1030. The third-order valence-corrected chi connectivity index (χ3v) is 6.89. The van der Waals surface area contributed by atoms with E-state index in [1.54, 1.807) is 16.0 Å². The van der Waals surface area contributed by atoms with Crippen LogP contribution in [0.1, 0.15) is 40.7 Å². The molecule has 1 aliphatic heterocycles. The van der Waals surface area contributed by atoms with Crippen LogP contribution in [-0.2, 0) is 11.3 Å². The van der Waals surface area contributed by atoms with Gasteiger partial charge in [-0.25, -0.2) is 4.98 Å². The number of thiazole rings is 1. The Hall–Kier alpha value is -2.29. The highest BCUT2D eigenvalue weighted by Crippen LogP contribution is 2.32. The van der Waals surface area contributed by atoms with Gasteiger partial charge in [-0.1, -0.05) is 11.3 Å². The Morgan fingerprint density at radius 2 is 1.90 bits per heavy atom. The van der Waals surface area contributed by atoms with E-state index in [4.69, 9.17) is 9.72 Å². The molecule has 3 heterocycles. The van der Waals surface area contributed by atoms with Crippen molar-refractivity contribution in [1.29, 1.82) is 0 Å². The van der Waals surface area contributed by atoms with E-state index < -0.39 is 0 Å². The molecule has 1 aliphatic rings. The molecule has 0 unspecified atom stereocenters. The highest BCUT2D eigenvalue weighted by molar-refractivity contribution is 7.22. The Kier molecular flexibility index (Phi) is 6.69. The lowest BCUT2D eigenvalue weighted by Gasteiger charge is -2.27. The van der Waals surface area contributed by atoms with Gasteiger partial charge in [0.2, 0.25) is 0 Å². The summed E-state index contributed by atoms with van der Waals surface area (Å²) in [6.45, 7) is 13.9. The average Bonchev–Trinajstić information content (AvgIpc) is 3.34. The van der Waals surface area contributed by atoms with Crippen LogP contribution in [-0.4, -0.2) is 65.0 Å². The molecule has 0 bridgehead atoms. The molecule has 1 amide bonds. The minimum Gasteiger partial charge on any atom is -0.379 e. The van der Waals surface area contributed by atoms with E-state index in [0.717, 1.165) is 60.3 Å². The molecule has 3 aromatic rings. The van der Waals surface area contributed by atoms with Gasteiger partial charge in [-0.05, 0) is 63.4 Å². The number of aryl methyl sites for hydroxylation is 4. The SMILES string of the molecule is CCn1nc(C)cc1C(=O)N(CCCN1CCOCC1)c1nc2cc(C)c(C)cc2s1. The fourth-order valence-corrected chi connectivity index (χ4v) is 5.01. The Balaban J connectivity index is 1.62. The van der Waals surface area contributed by atoms with Gasteiger partial charge in [-0.2, -0.15) is 5.10 Å². The summed E-state index contributed by atoms with van der Waals surface area (Å²) < 4.78 is 8.35. The second kappa shape index (κ2) is 9.46. The van der Waals surface area contributed by atoms with Crippen molar-refractivity contribution in [1.82, 2.24) is 19.7 Å². The van der Waals surface area contributed by atoms with Gasteiger partial charge >= 0.3 is 0 Å². The topological polar surface area (TPSA) is 63.5 Å². The number of benzene rings is 1. The number of amides is 1. The molecule has 2 aromatic heterocycles. The zero-order chi connectivity index (χ0) is 22.0. The van der Waals surface area contributed by atoms with E-state index in [2.05, 4.69) is 36.0 Å². The smallest absolute Gasteiger partial charge is 0.278 e. The van der Waals surface area contributed by atoms with Gasteiger partial charge in [0.05, 0.1) is 29.1 Å². The van der Waals surface area contributed by atoms with E-state index in [9.17, 15) is 4.79 Å². The molecule has 8 heteroatoms. The number of fused-ring (bicyclic) bond motifs is 1. The summed E-state index contributed by atoms with van der Waals surface area (Å²) in [4.78, 5) is 22.7. The normalized spacial score (nSPS) is 15.0. The fraction of sp³-hybridized carbons (Fsp3) is 0.522. The zero-order valence-electron chi connectivity index (χ0n) is 18.8. The molecule has 4 rings (SSSR count). The van der Waals surface area contributed by atoms with Crippen molar-refractivity contribution in [2.24, 2.45) is 0 Å². The quantitative estimate of drug-likeness (QED) is 0.558. The van der Waals surface area contributed by atoms with Gasteiger partial charge in [0.25, 0.3) is 5.91 Å². The maximum absolute atomic E-state index is 13.6. The summed E-state index contributed by atoms with van der Waals surface area (Å²) >= 11 is 1.59. The minimum atomic E-state index is -0.0306. The molecule has 1 saturated heterocycles. The molecule has 0 spiro atoms. The fourth-order valence-electron chi connectivity index (χ4n) is 3.94. The zero-order valence-corrected chi connectivity index (χ0v) is 19.7. The average molecular weight is 442 g/mol. The van der Waals surface area contributed by atoms with E-state index in [1.807, 2.05) is 24.8 Å². The Morgan fingerprint density at radius 3 is 2.65 bits per heavy atom. The molecule has 0 aliphatic carbocycles. The van der Waals surface area contributed by atoms with Gasteiger partial charge in [-0.3, -0.25) is 19.3 Å². The van der Waals surface area contributed by atoms with Gasteiger partial charge in [0, 0.05) is 32.7 Å². The second-order valence-corrected chi connectivity index (χ2v) is 9.16. The monoisotopic (exact) mass is 441 g/mol. The minimum absolute atomic E-state index is 0.0306. The summed E-state index contributed by atoms with van der Waals surface area (Å²) in [5.74, 6) is -0.0306. The van der Waals surface area contributed by atoms with Gasteiger partial charge in [0.15, 0.2) is 5.13 Å². The summed E-state index contributed by atoms with van der Waals surface area (Å²) in [5, 5.41) is 5.23. The molecule has 7 nitrogen and oxygen atoms in total. The largest absolute Gasteiger partial charge is 0.379 e. The molecule has 1 fully saturated rings. The van der Waals surface area contributed by atoms with Crippen LogP contribution in [0.15, 0.2) is 18.2 Å². The molecule has 31 heavy (non-hydrogen) atoms. The van der Waals surface area contributed by atoms with Crippen LogP contribution in [0.25, 0.3) is 10.2 Å². The Labute approximate surface area is 187 Å². The lowest BCUT2D eigenvalue weighted by Crippen LogP contribution is -2.39. The summed E-state index contributed by atoms with van der Waals surface area (Å²) in [5.41, 5.74) is 4.89. The number of ether oxygens (including phenoxy) is 1. The van der Waals surface area contributed by atoms with Crippen LogP contribution in [0.5, 0.6) is 0 Å². The summed E-state index contributed by atoms with van der Waals surface area (Å²) in [7, 11) is 0. The van der Waals surface area contributed by atoms with Crippen molar-refractivity contribution in [3.05, 3.63) is 40.7 Å². The molecular weight excluding hydrogens is 410 g/mol. The maximum atomic E-state index is 13.6. The number of aromatic nitrogens is 3. The number of rotatable bonds is 7.